The summed E-state index contributed by atoms with van der Waals surface area (Å²) in [6.07, 6.45) is 3.40. The van der Waals surface area contributed by atoms with Crippen LogP contribution in [-0.4, -0.2) is 30.1 Å². The predicted molar refractivity (Wildman–Crippen MR) is 82.6 cm³/mol. The Morgan fingerprint density at radius 1 is 1.37 bits per heavy atom. The van der Waals surface area contributed by atoms with Crippen LogP contribution in [0.15, 0.2) is 24.3 Å². The van der Waals surface area contributed by atoms with Gasteiger partial charge in [0.1, 0.15) is 0 Å². The van der Waals surface area contributed by atoms with Gasteiger partial charge in [-0.25, -0.2) is 0 Å². The Labute approximate surface area is 121 Å². The summed E-state index contributed by atoms with van der Waals surface area (Å²) in [4.78, 5) is 2.59. The zero-order valence-corrected chi connectivity index (χ0v) is 12.7. The predicted octanol–water partition coefficient (Wildman–Crippen LogP) is 3.33. The molecule has 1 fully saturated rings. The highest BCUT2D eigenvalue weighted by Gasteiger charge is 2.27. The van der Waals surface area contributed by atoms with Crippen molar-refractivity contribution >= 4 is 11.6 Å². The van der Waals surface area contributed by atoms with Crippen LogP contribution in [0, 0.1) is 5.92 Å². The monoisotopic (exact) mass is 280 g/mol. The van der Waals surface area contributed by atoms with Gasteiger partial charge in [-0.15, -0.1) is 0 Å². The molecule has 1 heterocycles. The van der Waals surface area contributed by atoms with Gasteiger partial charge in [0.05, 0.1) is 0 Å². The highest BCUT2D eigenvalue weighted by atomic mass is 35.5. The average Bonchev–Trinajstić information content (AvgIpc) is 2.42. The van der Waals surface area contributed by atoms with Crippen LogP contribution in [0.2, 0.25) is 5.02 Å². The van der Waals surface area contributed by atoms with Gasteiger partial charge in [-0.2, -0.15) is 0 Å². The first-order valence-electron chi connectivity index (χ1n) is 7.34. The summed E-state index contributed by atoms with van der Waals surface area (Å²) in [7, 11) is 0. The molecule has 1 aromatic rings. The second kappa shape index (κ2) is 6.74. The molecule has 3 atom stereocenters. The van der Waals surface area contributed by atoms with E-state index in [-0.39, 0.29) is 0 Å². The Morgan fingerprint density at radius 3 is 2.68 bits per heavy atom. The van der Waals surface area contributed by atoms with Crippen LogP contribution in [-0.2, 0) is 6.42 Å². The lowest BCUT2D eigenvalue weighted by Crippen LogP contribution is -2.50. The number of likely N-dealkylation sites (tertiary alicyclic amines) is 1. The van der Waals surface area contributed by atoms with E-state index in [9.17, 15) is 0 Å². The van der Waals surface area contributed by atoms with Gasteiger partial charge in [-0.05, 0) is 49.9 Å². The van der Waals surface area contributed by atoms with Crippen LogP contribution < -0.4 is 5.73 Å². The van der Waals surface area contributed by atoms with Crippen LogP contribution in [0.3, 0.4) is 0 Å². The summed E-state index contributed by atoms with van der Waals surface area (Å²) in [5, 5.41) is 0.811. The third kappa shape index (κ3) is 3.95. The molecule has 0 aromatic heterocycles. The summed E-state index contributed by atoms with van der Waals surface area (Å²) in [5.41, 5.74) is 7.54. The molecule has 2 nitrogen and oxygen atoms in total. The summed E-state index contributed by atoms with van der Waals surface area (Å²) < 4.78 is 0. The minimum absolute atomic E-state index is 0.393. The Bertz CT molecular complexity index is 390. The van der Waals surface area contributed by atoms with Crippen molar-refractivity contribution in [2.75, 3.05) is 13.1 Å². The number of nitrogens with zero attached hydrogens (tertiary/aromatic N) is 1. The van der Waals surface area contributed by atoms with Crippen molar-refractivity contribution in [3.63, 3.8) is 0 Å². The number of halogens is 1. The molecular formula is C16H25ClN2. The second-order valence-corrected chi connectivity index (χ2v) is 6.23. The molecule has 2 rings (SSSR count). The number of piperidine rings is 1. The van der Waals surface area contributed by atoms with Gasteiger partial charge < -0.3 is 5.73 Å². The first-order valence-corrected chi connectivity index (χ1v) is 7.72. The lowest BCUT2D eigenvalue weighted by molar-refractivity contribution is 0.114. The zero-order chi connectivity index (χ0) is 13.8. The van der Waals surface area contributed by atoms with E-state index in [0.717, 1.165) is 31.0 Å². The maximum absolute atomic E-state index is 6.18. The Balaban J connectivity index is 1.92. The minimum atomic E-state index is 0.393. The van der Waals surface area contributed by atoms with Gasteiger partial charge in [0.15, 0.2) is 0 Å². The largest absolute Gasteiger partial charge is 0.327 e. The second-order valence-electron chi connectivity index (χ2n) is 5.80. The molecule has 1 saturated heterocycles. The number of nitrogens with two attached hydrogens (primary N) is 1. The third-order valence-corrected chi connectivity index (χ3v) is 4.67. The number of hydrogen-bond acceptors (Lipinski definition) is 2. The first kappa shape index (κ1) is 14.8. The fraction of sp³-hybridized carbons (Fsp3) is 0.625. The zero-order valence-electron chi connectivity index (χ0n) is 12.0. The standard InChI is InChI=1S/C16H25ClN2/c1-3-14-11-19(9-8-16(14)18)12(2)10-13-4-6-15(17)7-5-13/h4-7,12,14,16H,3,8-11,18H2,1-2H3. The highest BCUT2D eigenvalue weighted by molar-refractivity contribution is 6.30. The van der Waals surface area contributed by atoms with E-state index in [1.54, 1.807) is 0 Å². The summed E-state index contributed by atoms with van der Waals surface area (Å²) in [5.74, 6) is 0.654. The van der Waals surface area contributed by atoms with Crippen molar-refractivity contribution in [2.24, 2.45) is 11.7 Å². The van der Waals surface area contributed by atoms with Gasteiger partial charge in [-0.3, -0.25) is 4.90 Å². The van der Waals surface area contributed by atoms with Crippen LogP contribution in [0.1, 0.15) is 32.3 Å². The lowest BCUT2D eigenvalue weighted by Gasteiger charge is -2.40. The number of hydrogen-bond donors (Lipinski definition) is 1. The van der Waals surface area contributed by atoms with Crippen molar-refractivity contribution < 1.29 is 0 Å². The molecule has 0 amide bonds. The molecule has 1 aromatic carbocycles. The van der Waals surface area contributed by atoms with Gasteiger partial charge in [-0.1, -0.05) is 37.1 Å². The van der Waals surface area contributed by atoms with Crippen molar-refractivity contribution in [2.45, 2.75) is 45.2 Å². The summed E-state index contributed by atoms with van der Waals surface area (Å²) >= 11 is 5.93. The van der Waals surface area contributed by atoms with Crippen LogP contribution in [0.5, 0.6) is 0 Å². The highest BCUT2D eigenvalue weighted by Crippen LogP contribution is 2.22. The van der Waals surface area contributed by atoms with E-state index in [2.05, 4.69) is 30.9 Å². The minimum Gasteiger partial charge on any atom is -0.327 e. The van der Waals surface area contributed by atoms with E-state index in [1.807, 2.05) is 12.1 Å². The molecule has 0 saturated carbocycles. The van der Waals surface area contributed by atoms with Gasteiger partial charge in [0.25, 0.3) is 0 Å². The van der Waals surface area contributed by atoms with Gasteiger partial charge in [0.2, 0.25) is 0 Å². The molecule has 106 valence electrons. The van der Waals surface area contributed by atoms with E-state index in [4.69, 9.17) is 17.3 Å². The molecule has 2 N–H and O–H groups in total. The molecular weight excluding hydrogens is 256 g/mol. The third-order valence-electron chi connectivity index (χ3n) is 4.42. The maximum Gasteiger partial charge on any atom is 0.0406 e. The molecule has 19 heavy (non-hydrogen) atoms. The summed E-state index contributed by atoms with van der Waals surface area (Å²) in [6.45, 7) is 6.84. The van der Waals surface area contributed by atoms with E-state index in [1.165, 1.54) is 12.0 Å². The smallest absolute Gasteiger partial charge is 0.0406 e. The Morgan fingerprint density at radius 2 is 2.05 bits per heavy atom. The molecule has 3 unspecified atom stereocenters. The van der Waals surface area contributed by atoms with Crippen LogP contribution in [0.4, 0.5) is 0 Å². The van der Waals surface area contributed by atoms with Crippen LogP contribution in [0.25, 0.3) is 0 Å². The fourth-order valence-corrected chi connectivity index (χ4v) is 3.13. The number of benzene rings is 1. The van der Waals surface area contributed by atoms with Crippen LogP contribution >= 0.6 is 11.6 Å². The SMILES string of the molecule is CCC1CN(C(C)Cc2ccc(Cl)cc2)CCC1N. The van der Waals surface area contributed by atoms with Crippen molar-refractivity contribution in [3.8, 4) is 0 Å². The van der Waals surface area contributed by atoms with Gasteiger partial charge >= 0.3 is 0 Å². The molecule has 0 bridgehead atoms. The number of rotatable bonds is 4. The van der Waals surface area contributed by atoms with E-state index >= 15 is 0 Å². The van der Waals surface area contributed by atoms with Crippen molar-refractivity contribution in [1.82, 2.24) is 4.90 Å². The lowest BCUT2D eigenvalue weighted by atomic mass is 9.89. The normalized spacial score (nSPS) is 26.3. The molecule has 0 spiro atoms. The summed E-state index contributed by atoms with van der Waals surface area (Å²) in [6, 6.07) is 9.18. The van der Waals surface area contributed by atoms with E-state index in [0.29, 0.717) is 18.0 Å². The Kier molecular flexibility index (Phi) is 5.26. The van der Waals surface area contributed by atoms with Gasteiger partial charge in [0, 0.05) is 23.7 Å². The van der Waals surface area contributed by atoms with E-state index < -0.39 is 0 Å². The van der Waals surface area contributed by atoms with Crippen molar-refractivity contribution in [3.05, 3.63) is 34.9 Å². The average molecular weight is 281 g/mol. The quantitative estimate of drug-likeness (QED) is 0.917. The Hall–Kier alpha value is -0.570. The maximum atomic E-state index is 6.18. The molecule has 0 radical (unpaired) electrons. The molecule has 3 heteroatoms. The molecule has 1 aliphatic heterocycles. The fourth-order valence-electron chi connectivity index (χ4n) is 3.00. The first-order chi connectivity index (χ1) is 9.10. The molecule has 1 aliphatic rings. The topological polar surface area (TPSA) is 29.3 Å². The molecule has 0 aliphatic carbocycles. The van der Waals surface area contributed by atoms with Crippen molar-refractivity contribution in [1.29, 1.82) is 0 Å².